The Kier molecular flexibility index (Phi) is 2.68. The molecule has 0 saturated heterocycles. The van der Waals surface area contributed by atoms with Crippen LogP contribution in [-0.4, -0.2) is 31.1 Å². The Bertz CT molecular complexity index is 737. The summed E-state index contributed by atoms with van der Waals surface area (Å²) in [5.74, 6) is -0.971. The highest BCUT2D eigenvalue weighted by atomic mass is 16.4. The van der Waals surface area contributed by atoms with E-state index in [2.05, 4.69) is 15.3 Å². The van der Waals surface area contributed by atoms with Crippen LogP contribution in [0.15, 0.2) is 42.6 Å². The molecule has 0 spiro atoms. The Morgan fingerprint density at radius 1 is 1.26 bits per heavy atom. The zero-order chi connectivity index (χ0) is 13.2. The molecule has 2 heterocycles. The first-order chi connectivity index (χ1) is 9.24. The van der Waals surface area contributed by atoms with Gasteiger partial charge in [0, 0.05) is 6.20 Å². The van der Waals surface area contributed by atoms with Gasteiger partial charge >= 0.3 is 5.97 Å². The highest BCUT2D eigenvalue weighted by Crippen LogP contribution is 2.14. The summed E-state index contributed by atoms with van der Waals surface area (Å²) in [5.41, 5.74) is 2.43. The Morgan fingerprint density at radius 3 is 2.89 bits per heavy atom. The standard InChI is InChI=1S/C13H10N4O2/c18-13(19)9-4-5-12-11(7-9)15-16-17(12)8-10-3-1-2-6-14-10/h1-7H,8H2,(H,18,19). The van der Waals surface area contributed by atoms with Crippen LogP contribution in [0.3, 0.4) is 0 Å². The van der Waals surface area contributed by atoms with Crippen molar-refractivity contribution in [1.29, 1.82) is 0 Å². The number of fused-ring (bicyclic) bond motifs is 1. The highest BCUT2D eigenvalue weighted by molar-refractivity contribution is 5.92. The van der Waals surface area contributed by atoms with Gasteiger partial charge in [-0.1, -0.05) is 11.3 Å². The van der Waals surface area contributed by atoms with Gasteiger partial charge in [-0.25, -0.2) is 9.48 Å². The number of carboxylic acids is 1. The van der Waals surface area contributed by atoms with Crippen LogP contribution in [0.1, 0.15) is 16.1 Å². The highest BCUT2D eigenvalue weighted by Gasteiger charge is 2.09. The Labute approximate surface area is 108 Å². The topological polar surface area (TPSA) is 80.9 Å². The first-order valence-electron chi connectivity index (χ1n) is 5.70. The van der Waals surface area contributed by atoms with Crippen LogP contribution in [-0.2, 0) is 6.54 Å². The van der Waals surface area contributed by atoms with Crippen molar-refractivity contribution in [3.05, 3.63) is 53.9 Å². The fourth-order valence-electron chi connectivity index (χ4n) is 1.87. The second-order valence-corrected chi connectivity index (χ2v) is 4.08. The summed E-state index contributed by atoms with van der Waals surface area (Å²) in [7, 11) is 0. The Morgan fingerprint density at radius 2 is 2.16 bits per heavy atom. The number of benzene rings is 1. The minimum absolute atomic E-state index is 0.206. The third kappa shape index (κ3) is 2.15. The first kappa shape index (κ1) is 11.3. The van der Waals surface area contributed by atoms with Crippen LogP contribution < -0.4 is 0 Å². The van der Waals surface area contributed by atoms with E-state index in [1.807, 2.05) is 18.2 Å². The maximum atomic E-state index is 10.9. The van der Waals surface area contributed by atoms with Gasteiger partial charge in [0.2, 0.25) is 0 Å². The predicted molar refractivity (Wildman–Crippen MR) is 67.8 cm³/mol. The van der Waals surface area contributed by atoms with Crippen LogP contribution in [0, 0.1) is 0 Å². The third-order valence-electron chi connectivity index (χ3n) is 2.80. The van der Waals surface area contributed by atoms with Crippen molar-refractivity contribution in [2.45, 2.75) is 6.54 Å². The van der Waals surface area contributed by atoms with Gasteiger partial charge < -0.3 is 5.11 Å². The molecule has 0 saturated carbocycles. The molecule has 94 valence electrons. The number of aromatic nitrogens is 4. The molecule has 0 amide bonds. The lowest BCUT2D eigenvalue weighted by Gasteiger charge is -2.01. The van der Waals surface area contributed by atoms with Crippen molar-refractivity contribution in [2.75, 3.05) is 0 Å². The summed E-state index contributed by atoms with van der Waals surface area (Å²) in [6, 6.07) is 10.4. The molecule has 6 heteroatoms. The summed E-state index contributed by atoms with van der Waals surface area (Å²) in [4.78, 5) is 15.1. The number of hydrogen-bond donors (Lipinski definition) is 1. The van der Waals surface area contributed by atoms with E-state index in [1.54, 1.807) is 23.0 Å². The van der Waals surface area contributed by atoms with Crippen molar-refractivity contribution in [1.82, 2.24) is 20.0 Å². The number of aromatic carboxylic acids is 1. The summed E-state index contributed by atoms with van der Waals surface area (Å²) in [5, 5.41) is 16.9. The number of rotatable bonds is 3. The number of hydrogen-bond acceptors (Lipinski definition) is 4. The van der Waals surface area contributed by atoms with E-state index in [0.29, 0.717) is 12.1 Å². The minimum Gasteiger partial charge on any atom is -0.478 e. The molecule has 0 atom stereocenters. The molecule has 0 aliphatic heterocycles. The van der Waals surface area contributed by atoms with Crippen LogP contribution in [0.4, 0.5) is 0 Å². The largest absolute Gasteiger partial charge is 0.478 e. The van der Waals surface area contributed by atoms with E-state index in [-0.39, 0.29) is 5.56 Å². The maximum absolute atomic E-state index is 10.9. The summed E-state index contributed by atoms with van der Waals surface area (Å²) >= 11 is 0. The van der Waals surface area contributed by atoms with E-state index in [0.717, 1.165) is 11.2 Å². The number of carboxylic acid groups (broad SMARTS) is 1. The molecule has 0 bridgehead atoms. The van der Waals surface area contributed by atoms with Gasteiger partial charge in [0.25, 0.3) is 0 Å². The van der Waals surface area contributed by atoms with Gasteiger partial charge in [-0.05, 0) is 30.3 Å². The minimum atomic E-state index is -0.971. The molecule has 6 nitrogen and oxygen atoms in total. The van der Waals surface area contributed by atoms with Gasteiger partial charge in [0.15, 0.2) is 0 Å². The molecule has 0 aliphatic rings. The van der Waals surface area contributed by atoms with Crippen LogP contribution in [0.2, 0.25) is 0 Å². The van der Waals surface area contributed by atoms with E-state index >= 15 is 0 Å². The molecular formula is C13H10N4O2. The molecule has 0 aliphatic carbocycles. The summed E-state index contributed by atoms with van der Waals surface area (Å²) in [6.07, 6.45) is 1.72. The third-order valence-corrected chi connectivity index (χ3v) is 2.80. The molecule has 1 aromatic carbocycles. The molecular weight excluding hydrogens is 244 g/mol. The lowest BCUT2D eigenvalue weighted by Crippen LogP contribution is -2.03. The zero-order valence-electron chi connectivity index (χ0n) is 9.89. The van der Waals surface area contributed by atoms with Crippen molar-refractivity contribution in [3.8, 4) is 0 Å². The fraction of sp³-hybridized carbons (Fsp3) is 0.0769. The zero-order valence-corrected chi connectivity index (χ0v) is 9.89. The van der Waals surface area contributed by atoms with Crippen LogP contribution in [0.25, 0.3) is 11.0 Å². The first-order valence-corrected chi connectivity index (χ1v) is 5.70. The molecule has 1 N–H and O–H groups in total. The van der Waals surface area contributed by atoms with Gasteiger partial charge in [0.05, 0.1) is 23.3 Å². The van der Waals surface area contributed by atoms with Gasteiger partial charge in [-0.15, -0.1) is 5.10 Å². The molecule has 3 rings (SSSR count). The van der Waals surface area contributed by atoms with Crippen LogP contribution >= 0.6 is 0 Å². The number of nitrogens with zero attached hydrogens (tertiary/aromatic N) is 4. The molecule has 2 aromatic heterocycles. The average molecular weight is 254 g/mol. The monoisotopic (exact) mass is 254 g/mol. The SMILES string of the molecule is O=C(O)c1ccc2c(c1)nnn2Cc1ccccn1. The lowest BCUT2D eigenvalue weighted by atomic mass is 10.2. The van der Waals surface area contributed by atoms with Crippen LogP contribution in [0.5, 0.6) is 0 Å². The van der Waals surface area contributed by atoms with Gasteiger partial charge in [-0.3, -0.25) is 4.98 Å². The van der Waals surface area contributed by atoms with E-state index < -0.39 is 5.97 Å². The van der Waals surface area contributed by atoms with Crippen molar-refractivity contribution in [2.24, 2.45) is 0 Å². The number of carbonyl (C=O) groups is 1. The van der Waals surface area contributed by atoms with E-state index in [1.165, 1.54) is 6.07 Å². The second kappa shape index (κ2) is 4.49. The molecule has 3 aromatic rings. The molecule has 19 heavy (non-hydrogen) atoms. The van der Waals surface area contributed by atoms with Crippen molar-refractivity contribution >= 4 is 17.0 Å². The molecule has 0 fully saturated rings. The van der Waals surface area contributed by atoms with E-state index in [4.69, 9.17) is 5.11 Å². The smallest absolute Gasteiger partial charge is 0.335 e. The quantitative estimate of drug-likeness (QED) is 0.767. The lowest BCUT2D eigenvalue weighted by molar-refractivity contribution is 0.0697. The Balaban J connectivity index is 1.99. The predicted octanol–water partition coefficient (Wildman–Crippen LogP) is 1.57. The van der Waals surface area contributed by atoms with Gasteiger partial charge in [-0.2, -0.15) is 0 Å². The second-order valence-electron chi connectivity index (χ2n) is 4.08. The summed E-state index contributed by atoms with van der Waals surface area (Å²) < 4.78 is 1.70. The fourth-order valence-corrected chi connectivity index (χ4v) is 1.87. The van der Waals surface area contributed by atoms with E-state index in [9.17, 15) is 4.79 Å². The van der Waals surface area contributed by atoms with Gasteiger partial charge in [0.1, 0.15) is 5.52 Å². The normalized spacial score (nSPS) is 10.7. The van der Waals surface area contributed by atoms with Crippen molar-refractivity contribution in [3.63, 3.8) is 0 Å². The maximum Gasteiger partial charge on any atom is 0.335 e. The summed E-state index contributed by atoms with van der Waals surface area (Å²) in [6.45, 7) is 0.504. The number of pyridine rings is 1. The molecule has 0 unspecified atom stereocenters. The molecule has 0 radical (unpaired) electrons. The van der Waals surface area contributed by atoms with Crippen molar-refractivity contribution < 1.29 is 9.90 Å². The average Bonchev–Trinajstić information content (AvgIpc) is 2.82. The Hall–Kier alpha value is -2.76.